The van der Waals surface area contributed by atoms with E-state index >= 15 is 0 Å². The summed E-state index contributed by atoms with van der Waals surface area (Å²) in [6, 6.07) is 10.4. The van der Waals surface area contributed by atoms with E-state index in [1.807, 2.05) is 4.90 Å². The van der Waals surface area contributed by atoms with Gasteiger partial charge >= 0.3 is 5.97 Å². The van der Waals surface area contributed by atoms with E-state index in [0.717, 1.165) is 5.56 Å². The Labute approximate surface area is 156 Å². The number of anilines is 1. The number of carbonyl (C=O) groups excluding carboxylic acids is 2. The summed E-state index contributed by atoms with van der Waals surface area (Å²) in [6.45, 7) is 2.42. The van der Waals surface area contributed by atoms with Crippen LogP contribution in [-0.4, -0.2) is 49.8 Å². The number of amides is 1. The minimum absolute atomic E-state index is 0.0735. The van der Waals surface area contributed by atoms with Gasteiger partial charge < -0.3 is 24.8 Å². The maximum atomic E-state index is 12.6. The van der Waals surface area contributed by atoms with Gasteiger partial charge in [-0.05, 0) is 29.8 Å². The number of nitrogens with zero attached hydrogens (tertiary/aromatic N) is 2. The molecule has 3 rings (SSSR count). The Bertz CT molecular complexity index is 805. The molecule has 27 heavy (non-hydrogen) atoms. The second-order valence-electron chi connectivity index (χ2n) is 5.95. The van der Waals surface area contributed by atoms with Crippen molar-refractivity contribution in [1.82, 2.24) is 4.98 Å². The molecule has 0 saturated carbocycles. The van der Waals surface area contributed by atoms with Gasteiger partial charge in [-0.15, -0.1) is 0 Å². The number of benzene rings is 1. The first kappa shape index (κ1) is 18.7. The molecule has 1 fully saturated rings. The third kappa shape index (κ3) is 5.18. The zero-order valence-corrected chi connectivity index (χ0v) is 14.8. The number of hydrogen-bond acceptors (Lipinski definition) is 7. The van der Waals surface area contributed by atoms with Crippen LogP contribution in [0.1, 0.15) is 15.9 Å². The van der Waals surface area contributed by atoms with Crippen LogP contribution in [0.15, 0.2) is 42.6 Å². The first-order valence-electron chi connectivity index (χ1n) is 8.58. The topological polar surface area (TPSA) is 104 Å². The molecule has 2 heterocycles. The van der Waals surface area contributed by atoms with Crippen LogP contribution >= 0.6 is 0 Å². The van der Waals surface area contributed by atoms with Gasteiger partial charge in [0.15, 0.2) is 6.61 Å². The third-order valence-electron chi connectivity index (χ3n) is 3.97. The van der Waals surface area contributed by atoms with Gasteiger partial charge in [-0.2, -0.15) is 0 Å². The van der Waals surface area contributed by atoms with Crippen molar-refractivity contribution in [3.05, 3.63) is 53.7 Å². The van der Waals surface area contributed by atoms with Gasteiger partial charge in [0.1, 0.15) is 23.7 Å². The molecule has 2 aromatic rings. The molecule has 0 bridgehead atoms. The van der Waals surface area contributed by atoms with E-state index in [0.29, 0.717) is 43.4 Å². The van der Waals surface area contributed by atoms with E-state index in [9.17, 15) is 9.59 Å². The van der Waals surface area contributed by atoms with E-state index in [1.165, 1.54) is 0 Å². The predicted octanol–water partition coefficient (Wildman–Crippen LogP) is 1.14. The monoisotopic (exact) mass is 371 g/mol. The summed E-state index contributed by atoms with van der Waals surface area (Å²) in [4.78, 5) is 29.7. The summed E-state index contributed by atoms with van der Waals surface area (Å²) < 4.78 is 16.0. The van der Waals surface area contributed by atoms with E-state index in [4.69, 9.17) is 19.9 Å². The molecular formula is C19H21N3O5. The molecule has 0 radical (unpaired) electrons. The largest absolute Gasteiger partial charge is 0.484 e. The molecule has 1 aliphatic rings. The van der Waals surface area contributed by atoms with Gasteiger partial charge in [0, 0.05) is 19.3 Å². The number of carbonyl (C=O) groups is 2. The number of nitrogens with two attached hydrogens (primary N) is 1. The van der Waals surface area contributed by atoms with Gasteiger partial charge in [0.05, 0.1) is 13.2 Å². The lowest BCUT2D eigenvalue weighted by Gasteiger charge is -2.28. The van der Waals surface area contributed by atoms with Crippen LogP contribution < -0.4 is 15.4 Å². The molecule has 0 unspecified atom stereocenters. The van der Waals surface area contributed by atoms with Crippen molar-refractivity contribution >= 4 is 17.7 Å². The Morgan fingerprint density at radius 3 is 2.78 bits per heavy atom. The summed E-state index contributed by atoms with van der Waals surface area (Å²) in [7, 11) is 0. The standard InChI is InChI=1S/C19H21N3O5/c20-17(23)13-26-15-4-1-3-14(11-15)12-27-19(24)16-5-2-6-21-18(16)22-7-9-25-10-8-22/h1-6,11H,7-10,12-13H2,(H2,20,23). The van der Waals surface area contributed by atoms with Gasteiger partial charge in [-0.25, -0.2) is 9.78 Å². The summed E-state index contributed by atoms with van der Waals surface area (Å²) in [6.07, 6.45) is 1.65. The molecule has 1 amide bonds. The fourth-order valence-corrected chi connectivity index (χ4v) is 2.69. The zero-order valence-electron chi connectivity index (χ0n) is 14.8. The Hall–Kier alpha value is -3.13. The Morgan fingerprint density at radius 2 is 2.00 bits per heavy atom. The second-order valence-corrected chi connectivity index (χ2v) is 5.95. The van der Waals surface area contributed by atoms with Gasteiger partial charge in [-0.1, -0.05) is 12.1 Å². The molecule has 0 spiro atoms. The summed E-state index contributed by atoms with van der Waals surface area (Å²) in [5.74, 6) is 0.0779. The summed E-state index contributed by atoms with van der Waals surface area (Å²) in [5, 5.41) is 0. The Kier molecular flexibility index (Phi) is 6.22. The molecule has 8 heteroatoms. The highest BCUT2D eigenvalue weighted by molar-refractivity contribution is 5.94. The molecule has 1 aromatic carbocycles. The first-order chi connectivity index (χ1) is 13.1. The lowest BCUT2D eigenvalue weighted by Crippen LogP contribution is -2.37. The maximum absolute atomic E-state index is 12.6. The van der Waals surface area contributed by atoms with E-state index in [1.54, 1.807) is 42.6 Å². The van der Waals surface area contributed by atoms with E-state index in [-0.39, 0.29) is 13.2 Å². The number of aromatic nitrogens is 1. The van der Waals surface area contributed by atoms with Crippen LogP contribution in [-0.2, 0) is 20.9 Å². The number of primary amides is 1. The van der Waals surface area contributed by atoms with Crippen molar-refractivity contribution in [2.75, 3.05) is 37.8 Å². The number of pyridine rings is 1. The minimum Gasteiger partial charge on any atom is -0.484 e. The molecule has 142 valence electrons. The molecule has 1 aliphatic heterocycles. The average Bonchev–Trinajstić information content (AvgIpc) is 2.71. The van der Waals surface area contributed by atoms with E-state index in [2.05, 4.69) is 4.98 Å². The lowest BCUT2D eigenvalue weighted by molar-refractivity contribution is -0.119. The smallest absolute Gasteiger partial charge is 0.342 e. The van der Waals surface area contributed by atoms with Crippen LogP contribution in [0.5, 0.6) is 5.75 Å². The van der Waals surface area contributed by atoms with Gasteiger partial charge in [0.2, 0.25) is 0 Å². The molecule has 8 nitrogen and oxygen atoms in total. The lowest BCUT2D eigenvalue weighted by atomic mass is 10.2. The SMILES string of the molecule is NC(=O)COc1cccc(COC(=O)c2cccnc2N2CCOCC2)c1. The van der Waals surface area contributed by atoms with Crippen molar-refractivity contribution in [2.24, 2.45) is 5.73 Å². The number of esters is 1. The highest BCUT2D eigenvalue weighted by Crippen LogP contribution is 2.20. The zero-order chi connectivity index (χ0) is 19.1. The number of morpholine rings is 1. The summed E-state index contributed by atoms with van der Waals surface area (Å²) in [5.41, 5.74) is 6.22. The molecule has 0 aliphatic carbocycles. The normalized spacial score (nSPS) is 13.9. The highest BCUT2D eigenvalue weighted by Gasteiger charge is 2.20. The minimum atomic E-state index is -0.556. The molecule has 0 atom stereocenters. The highest BCUT2D eigenvalue weighted by atomic mass is 16.5. The molecule has 1 aromatic heterocycles. The van der Waals surface area contributed by atoms with Crippen LogP contribution in [0, 0.1) is 0 Å². The average molecular weight is 371 g/mol. The second kappa shape index (κ2) is 9.00. The summed E-state index contributed by atoms with van der Waals surface area (Å²) >= 11 is 0. The van der Waals surface area contributed by atoms with Crippen LogP contribution in [0.2, 0.25) is 0 Å². The first-order valence-corrected chi connectivity index (χ1v) is 8.58. The fraction of sp³-hybridized carbons (Fsp3) is 0.316. The maximum Gasteiger partial charge on any atom is 0.342 e. The number of rotatable bonds is 7. The molecule has 1 saturated heterocycles. The van der Waals surface area contributed by atoms with Crippen LogP contribution in [0.4, 0.5) is 5.82 Å². The third-order valence-corrected chi connectivity index (χ3v) is 3.97. The van der Waals surface area contributed by atoms with Crippen LogP contribution in [0.3, 0.4) is 0 Å². The Balaban J connectivity index is 1.64. The van der Waals surface area contributed by atoms with Crippen molar-refractivity contribution in [2.45, 2.75) is 6.61 Å². The van der Waals surface area contributed by atoms with Crippen molar-refractivity contribution in [1.29, 1.82) is 0 Å². The van der Waals surface area contributed by atoms with Crippen molar-refractivity contribution < 1.29 is 23.8 Å². The fourth-order valence-electron chi connectivity index (χ4n) is 2.69. The van der Waals surface area contributed by atoms with Gasteiger partial charge in [-0.3, -0.25) is 4.79 Å². The molecule has 2 N–H and O–H groups in total. The van der Waals surface area contributed by atoms with Crippen molar-refractivity contribution in [3.8, 4) is 5.75 Å². The Morgan fingerprint density at radius 1 is 1.19 bits per heavy atom. The number of hydrogen-bond donors (Lipinski definition) is 1. The van der Waals surface area contributed by atoms with E-state index < -0.39 is 11.9 Å². The number of ether oxygens (including phenoxy) is 3. The van der Waals surface area contributed by atoms with Gasteiger partial charge in [0.25, 0.3) is 5.91 Å². The predicted molar refractivity (Wildman–Crippen MR) is 97.5 cm³/mol. The quantitative estimate of drug-likeness (QED) is 0.728. The molecular weight excluding hydrogens is 350 g/mol. The van der Waals surface area contributed by atoms with Crippen LogP contribution in [0.25, 0.3) is 0 Å². The van der Waals surface area contributed by atoms with Crippen molar-refractivity contribution in [3.63, 3.8) is 0 Å².